The van der Waals surface area contributed by atoms with Gasteiger partial charge in [-0.25, -0.2) is 4.79 Å². The average molecular weight is 458 g/mol. The number of benzene rings is 3. The molecule has 3 N–H and O–H groups in total. The number of aromatic amines is 2. The van der Waals surface area contributed by atoms with Crippen LogP contribution in [0.4, 0.5) is 22.7 Å². The first-order valence-electron chi connectivity index (χ1n) is 10.9. The van der Waals surface area contributed by atoms with Gasteiger partial charge in [0.1, 0.15) is 5.56 Å². The van der Waals surface area contributed by atoms with Crippen LogP contribution in [0.3, 0.4) is 0 Å². The molecule has 1 saturated heterocycles. The molecule has 4 aromatic rings. The van der Waals surface area contributed by atoms with Crippen molar-refractivity contribution < 1.29 is 9.72 Å². The highest BCUT2D eigenvalue weighted by molar-refractivity contribution is 6.09. The van der Waals surface area contributed by atoms with Crippen molar-refractivity contribution >= 4 is 39.7 Å². The van der Waals surface area contributed by atoms with Gasteiger partial charge < -0.3 is 25.1 Å². The summed E-state index contributed by atoms with van der Waals surface area (Å²) in [6.07, 6.45) is 0. The molecule has 0 bridgehead atoms. The van der Waals surface area contributed by atoms with E-state index in [0.717, 1.165) is 24.5 Å². The molecule has 0 radical (unpaired) electrons. The number of para-hydroxylation sites is 2. The number of rotatable bonds is 5. The lowest BCUT2D eigenvalue weighted by atomic mass is 10.1. The van der Waals surface area contributed by atoms with Crippen LogP contribution in [0.15, 0.2) is 71.5 Å². The lowest BCUT2D eigenvalue weighted by Crippen LogP contribution is -2.46. The molecule has 5 rings (SSSR count). The van der Waals surface area contributed by atoms with E-state index in [1.54, 1.807) is 12.1 Å². The van der Waals surface area contributed by atoms with E-state index in [0.29, 0.717) is 29.8 Å². The highest BCUT2D eigenvalue weighted by Crippen LogP contribution is 2.32. The van der Waals surface area contributed by atoms with Gasteiger partial charge in [-0.1, -0.05) is 30.3 Å². The SMILES string of the molecule is O=C(Nc1cc2[nH]c(=O)[nH]c2cc1N1CCN(c2ccccc2)CC1)c1ccccc1[N+](=O)[O-]. The summed E-state index contributed by atoms with van der Waals surface area (Å²) >= 11 is 0. The maximum absolute atomic E-state index is 13.0. The van der Waals surface area contributed by atoms with Crippen molar-refractivity contribution in [1.82, 2.24) is 9.97 Å². The molecule has 0 spiro atoms. The smallest absolute Gasteiger partial charge is 0.323 e. The number of nitrogens with zero attached hydrogens (tertiary/aromatic N) is 3. The molecule has 0 atom stereocenters. The maximum Gasteiger partial charge on any atom is 0.323 e. The van der Waals surface area contributed by atoms with Gasteiger partial charge in [0.25, 0.3) is 11.6 Å². The number of piperazine rings is 1. The number of aromatic nitrogens is 2. The minimum absolute atomic E-state index is 0.0324. The molecule has 0 unspecified atom stereocenters. The minimum atomic E-state index is -0.589. The zero-order valence-corrected chi connectivity index (χ0v) is 18.2. The summed E-state index contributed by atoms with van der Waals surface area (Å²) in [5.74, 6) is -0.589. The minimum Gasteiger partial charge on any atom is -0.368 e. The van der Waals surface area contributed by atoms with E-state index in [4.69, 9.17) is 0 Å². The summed E-state index contributed by atoms with van der Waals surface area (Å²) in [6, 6.07) is 19.5. The van der Waals surface area contributed by atoms with E-state index >= 15 is 0 Å². The molecule has 10 nitrogen and oxygen atoms in total. The van der Waals surface area contributed by atoms with E-state index in [2.05, 4.69) is 37.2 Å². The molecule has 1 aliphatic rings. The second kappa shape index (κ2) is 8.74. The van der Waals surface area contributed by atoms with Crippen molar-refractivity contribution in [2.75, 3.05) is 41.3 Å². The Bertz CT molecular complexity index is 1420. The van der Waals surface area contributed by atoms with Crippen molar-refractivity contribution in [3.8, 4) is 0 Å². The van der Waals surface area contributed by atoms with Crippen LogP contribution in [-0.2, 0) is 0 Å². The Hall–Kier alpha value is -4.60. The van der Waals surface area contributed by atoms with Gasteiger partial charge in [-0.05, 0) is 30.3 Å². The number of carbonyl (C=O) groups is 1. The number of fused-ring (bicyclic) bond motifs is 1. The van der Waals surface area contributed by atoms with Crippen molar-refractivity contribution in [2.24, 2.45) is 0 Å². The van der Waals surface area contributed by atoms with Gasteiger partial charge in [0.05, 0.1) is 27.3 Å². The summed E-state index contributed by atoms with van der Waals surface area (Å²) in [7, 11) is 0. The second-order valence-electron chi connectivity index (χ2n) is 8.03. The average Bonchev–Trinajstić information content (AvgIpc) is 3.23. The molecule has 10 heteroatoms. The van der Waals surface area contributed by atoms with Crippen LogP contribution in [-0.4, -0.2) is 47.0 Å². The van der Waals surface area contributed by atoms with Crippen LogP contribution in [0, 0.1) is 10.1 Å². The molecule has 34 heavy (non-hydrogen) atoms. The fourth-order valence-corrected chi connectivity index (χ4v) is 4.29. The fourth-order valence-electron chi connectivity index (χ4n) is 4.29. The van der Waals surface area contributed by atoms with Crippen molar-refractivity contribution in [3.05, 3.63) is 92.9 Å². The third-order valence-corrected chi connectivity index (χ3v) is 5.97. The number of anilines is 3. The number of carbonyl (C=O) groups excluding carboxylic acids is 1. The number of imidazole rings is 1. The second-order valence-corrected chi connectivity index (χ2v) is 8.03. The molecule has 0 aliphatic carbocycles. The molecule has 1 fully saturated rings. The first-order chi connectivity index (χ1) is 16.5. The summed E-state index contributed by atoms with van der Waals surface area (Å²) in [6.45, 7) is 2.96. The third kappa shape index (κ3) is 4.08. The zero-order chi connectivity index (χ0) is 23.7. The van der Waals surface area contributed by atoms with Gasteiger partial charge in [-0.15, -0.1) is 0 Å². The number of hydrogen-bond acceptors (Lipinski definition) is 6. The Morgan fingerprint density at radius 1 is 0.882 bits per heavy atom. The zero-order valence-electron chi connectivity index (χ0n) is 18.2. The number of nitro benzene ring substituents is 1. The van der Waals surface area contributed by atoms with Crippen LogP contribution >= 0.6 is 0 Å². The van der Waals surface area contributed by atoms with Crippen LogP contribution in [0.25, 0.3) is 11.0 Å². The predicted octanol–water partition coefficient (Wildman–Crippen LogP) is 3.34. The van der Waals surface area contributed by atoms with E-state index in [9.17, 15) is 19.7 Å². The largest absolute Gasteiger partial charge is 0.368 e. The fraction of sp³-hybridized carbons (Fsp3) is 0.167. The Labute approximate surface area is 194 Å². The van der Waals surface area contributed by atoms with Crippen LogP contribution in [0.1, 0.15) is 10.4 Å². The third-order valence-electron chi connectivity index (χ3n) is 5.97. The molecule has 1 aliphatic heterocycles. The topological polar surface area (TPSA) is 127 Å². The van der Waals surface area contributed by atoms with Crippen LogP contribution < -0.4 is 20.8 Å². The number of hydrogen-bond donors (Lipinski definition) is 3. The number of nitrogens with one attached hydrogen (secondary N) is 3. The Morgan fingerprint density at radius 2 is 1.50 bits per heavy atom. The number of nitro groups is 1. The number of amides is 1. The molecular weight excluding hydrogens is 436 g/mol. The highest BCUT2D eigenvalue weighted by Gasteiger charge is 2.24. The standard InChI is InChI=1S/C24H22N6O4/c31-23(17-8-4-5-9-21(17)30(33)34)25-20-14-18-19(27-24(32)26-18)15-22(20)29-12-10-28(11-13-29)16-6-2-1-3-7-16/h1-9,14-15H,10-13H2,(H,25,31)(H2,26,27,32). The normalized spacial score (nSPS) is 13.8. The van der Waals surface area contributed by atoms with Crippen molar-refractivity contribution in [3.63, 3.8) is 0 Å². The Balaban J connectivity index is 1.46. The molecule has 3 aromatic carbocycles. The molecule has 172 valence electrons. The van der Waals surface area contributed by atoms with Gasteiger partial charge in [0, 0.05) is 37.9 Å². The summed E-state index contributed by atoms with van der Waals surface area (Å²) in [5, 5.41) is 14.2. The number of H-pyrrole nitrogens is 2. The highest BCUT2D eigenvalue weighted by atomic mass is 16.6. The van der Waals surface area contributed by atoms with E-state index in [-0.39, 0.29) is 16.9 Å². The van der Waals surface area contributed by atoms with Crippen LogP contribution in [0.5, 0.6) is 0 Å². The van der Waals surface area contributed by atoms with Gasteiger partial charge in [0.2, 0.25) is 0 Å². The van der Waals surface area contributed by atoms with Crippen LogP contribution in [0.2, 0.25) is 0 Å². The first-order valence-corrected chi connectivity index (χ1v) is 10.9. The predicted molar refractivity (Wildman–Crippen MR) is 131 cm³/mol. The summed E-state index contributed by atoms with van der Waals surface area (Å²) in [5.41, 5.74) is 2.86. The first kappa shape index (κ1) is 21.3. The Morgan fingerprint density at radius 3 is 2.21 bits per heavy atom. The Kier molecular flexibility index (Phi) is 5.46. The molecule has 1 aromatic heterocycles. The van der Waals surface area contributed by atoms with Crippen molar-refractivity contribution in [1.29, 1.82) is 0 Å². The van der Waals surface area contributed by atoms with Gasteiger partial charge in [0.15, 0.2) is 0 Å². The van der Waals surface area contributed by atoms with E-state index < -0.39 is 10.8 Å². The molecule has 1 amide bonds. The molecular formula is C24H22N6O4. The van der Waals surface area contributed by atoms with Crippen molar-refractivity contribution in [2.45, 2.75) is 0 Å². The lowest BCUT2D eigenvalue weighted by molar-refractivity contribution is -0.385. The maximum atomic E-state index is 13.0. The molecule has 2 heterocycles. The summed E-state index contributed by atoms with van der Waals surface area (Å²) in [4.78, 5) is 45.6. The molecule has 0 saturated carbocycles. The van der Waals surface area contributed by atoms with E-state index in [1.807, 2.05) is 24.3 Å². The quantitative estimate of drug-likeness (QED) is 0.311. The summed E-state index contributed by atoms with van der Waals surface area (Å²) < 4.78 is 0. The van der Waals surface area contributed by atoms with Gasteiger partial charge in [-0.3, -0.25) is 14.9 Å². The monoisotopic (exact) mass is 458 g/mol. The lowest BCUT2D eigenvalue weighted by Gasteiger charge is -2.38. The van der Waals surface area contributed by atoms with Gasteiger partial charge in [-0.2, -0.15) is 0 Å². The van der Waals surface area contributed by atoms with Gasteiger partial charge >= 0.3 is 5.69 Å². The van der Waals surface area contributed by atoms with E-state index in [1.165, 1.54) is 18.2 Å².